The van der Waals surface area contributed by atoms with E-state index in [1.807, 2.05) is 11.8 Å². The first-order valence-corrected chi connectivity index (χ1v) is 7.79. The molecule has 1 aliphatic carbocycles. The van der Waals surface area contributed by atoms with Crippen molar-refractivity contribution >= 4 is 17.7 Å². The predicted octanol–water partition coefficient (Wildman–Crippen LogP) is 3.07. The van der Waals surface area contributed by atoms with E-state index in [0.717, 1.165) is 11.0 Å². The van der Waals surface area contributed by atoms with Crippen LogP contribution in [0.1, 0.15) is 57.2 Å². The molecule has 1 aromatic heterocycles. The van der Waals surface area contributed by atoms with E-state index in [4.69, 9.17) is 9.63 Å². The van der Waals surface area contributed by atoms with E-state index in [2.05, 4.69) is 10.1 Å². The number of hydrogen-bond acceptors (Lipinski definition) is 5. The summed E-state index contributed by atoms with van der Waals surface area (Å²) in [5.41, 5.74) is 0. The molecule has 19 heavy (non-hydrogen) atoms. The summed E-state index contributed by atoms with van der Waals surface area (Å²) in [6.45, 7) is 3.46. The molecule has 0 amide bonds. The fourth-order valence-electron chi connectivity index (χ4n) is 2.19. The Labute approximate surface area is 117 Å². The normalized spacial score (nSPS) is 19.5. The minimum absolute atomic E-state index is 0.254. The van der Waals surface area contributed by atoms with Gasteiger partial charge in [-0.1, -0.05) is 31.8 Å². The zero-order valence-corrected chi connectivity index (χ0v) is 12.2. The highest BCUT2D eigenvalue weighted by molar-refractivity contribution is 7.99. The van der Waals surface area contributed by atoms with E-state index in [1.165, 1.54) is 25.7 Å². The highest BCUT2D eigenvalue weighted by Crippen LogP contribution is 2.31. The zero-order chi connectivity index (χ0) is 13.8. The maximum absolute atomic E-state index is 10.9. The Morgan fingerprint density at radius 3 is 2.79 bits per heavy atom. The number of carbonyl (C=O) groups is 1. The lowest BCUT2D eigenvalue weighted by Crippen LogP contribution is -2.16. The van der Waals surface area contributed by atoms with Crippen LogP contribution in [0.25, 0.3) is 0 Å². The van der Waals surface area contributed by atoms with Crippen LogP contribution in [0.4, 0.5) is 0 Å². The molecule has 0 radical (unpaired) electrons. The summed E-state index contributed by atoms with van der Waals surface area (Å²) in [6, 6.07) is 0. The molecule has 6 heteroatoms. The SMILES string of the molecule is CC(C(=O)O)C(C)c1nc(CSC2CCCC2)no1. The van der Waals surface area contributed by atoms with Crippen molar-refractivity contribution in [3.05, 3.63) is 11.7 Å². The molecule has 1 heterocycles. The quantitative estimate of drug-likeness (QED) is 0.865. The van der Waals surface area contributed by atoms with Gasteiger partial charge in [0, 0.05) is 11.2 Å². The molecule has 0 saturated heterocycles. The van der Waals surface area contributed by atoms with Crippen molar-refractivity contribution < 1.29 is 14.4 Å². The van der Waals surface area contributed by atoms with Crippen molar-refractivity contribution in [2.24, 2.45) is 5.92 Å². The van der Waals surface area contributed by atoms with Crippen LogP contribution in [-0.2, 0) is 10.5 Å². The van der Waals surface area contributed by atoms with Crippen molar-refractivity contribution in [1.82, 2.24) is 10.1 Å². The second kappa shape index (κ2) is 6.41. The number of hydrogen-bond donors (Lipinski definition) is 1. The molecule has 106 valence electrons. The van der Waals surface area contributed by atoms with E-state index >= 15 is 0 Å². The molecular weight excluding hydrogens is 264 g/mol. The number of aliphatic carboxylic acids is 1. The Kier molecular flexibility index (Phi) is 4.85. The first-order valence-electron chi connectivity index (χ1n) is 6.75. The smallest absolute Gasteiger partial charge is 0.307 e. The van der Waals surface area contributed by atoms with Gasteiger partial charge in [0.1, 0.15) is 0 Å². The van der Waals surface area contributed by atoms with Crippen molar-refractivity contribution in [1.29, 1.82) is 0 Å². The lowest BCUT2D eigenvalue weighted by molar-refractivity contribution is -0.141. The van der Waals surface area contributed by atoms with E-state index in [1.54, 1.807) is 13.8 Å². The van der Waals surface area contributed by atoms with Gasteiger partial charge in [0.15, 0.2) is 5.82 Å². The molecule has 2 atom stereocenters. The first-order chi connectivity index (χ1) is 9.08. The van der Waals surface area contributed by atoms with Crippen LogP contribution in [0, 0.1) is 5.92 Å². The molecule has 1 aromatic rings. The number of thioether (sulfide) groups is 1. The largest absolute Gasteiger partial charge is 0.481 e. The molecule has 1 N–H and O–H groups in total. The van der Waals surface area contributed by atoms with Crippen LogP contribution >= 0.6 is 11.8 Å². The third-order valence-corrected chi connectivity index (χ3v) is 5.13. The highest BCUT2D eigenvalue weighted by Gasteiger charge is 2.26. The van der Waals surface area contributed by atoms with Crippen molar-refractivity contribution in [2.45, 2.75) is 56.5 Å². The Morgan fingerprint density at radius 1 is 1.47 bits per heavy atom. The van der Waals surface area contributed by atoms with Gasteiger partial charge in [-0.25, -0.2) is 0 Å². The van der Waals surface area contributed by atoms with Crippen molar-refractivity contribution in [3.8, 4) is 0 Å². The summed E-state index contributed by atoms with van der Waals surface area (Å²) >= 11 is 1.88. The molecule has 5 nitrogen and oxygen atoms in total. The Morgan fingerprint density at radius 2 is 2.16 bits per heavy atom. The molecule has 0 spiro atoms. The highest BCUT2D eigenvalue weighted by atomic mass is 32.2. The second-order valence-electron chi connectivity index (χ2n) is 5.18. The topological polar surface area (TPSA) is 76.2 Å². The average Bonchev–Trinajstić information content (AvgIpc) is 3.05. The van der Waals surface area contributed by atoms with Crippen molar-refractivity contribution in [2.75, 3.05) is 0 Å². The van der Waals surface area contributed by atoms with Gasteiger partial charge in [-0.3, -0.25) is 4.79 Å². The lowest BCUT2D eigenvalue weighted by atomic mass is 9.96. The van der Waals surface area contributed by atoms with Crippen LogP contribution < -0.4 is 0 Å². The van der Waals surface area contributed by atoms with Gasteiger partial charge < -0.3 is 9.63 Å². The number of carboxylic acids is 1. The maximum Gasteiger partial charge on any atom is 0.307 e. The monoisotopic (exact) mass is 284 g/mol. The molecule has 0 aliphatic heterocycles. The van der Waals surface area contributed by atoms with Crippen LogP contribution in [0.15, 0.2) is 4.52 Å². The molecule has 1 fully saturated rings. The lowest BCUT2D eigenvalue weighted by Gasteiger charge is -2.10. The summed E-state index contributed by atoms with van der Waals surface area (Å²) in [4.78, 5) is 15.2. The van der Waals surface area contributed by atoms with Gasteiger partial charge in [0.2, 0.25) is 5.89 Å². The predicted molar refractivity (Wildman–Crippen MR) is 73.1 cm³/mol. The van der Waals surface area contributed by atoms with Gasteiger partial charge in [-0.15, -0.1) is 0 Å². The molecular formula is C13H20N2O3S. The van der Waals surface area contributed by atoms with Gasteiger partial charge >= 0.3 is 5.97 Å². The fraction of sp³-hybridized carbons (Fsp3) is 0.769. The Bertz CT molecular complexity index is 429. The van der Waals surface area contributed by atoms with E-state index in [0.29, 0.717) is 11.7 Å². The fourth-order valence-corrected chi connectivity index (χ4v) is 3.35. The Hall–Kier alpha value is -1.04. The molecule has 0 aromatic carbocycles. The van der Waals surface area contributed by atoms with Gasteiger partial charge in [0.05, 0.1) is 11.7 Å². The number of rotatable bonds is 6. The van der Waals surface area contributed by atoms with Crippen LogP contribution in [0.3, 0.4) is 0 Å². The van der Waals surface area contributed by atoms with E-state index in [9.17, 15) is 4.79 Å². The Balaban J connectivity index is 1.89. The molecule has 0 bridgehead atoms. The number of nitrogens with zero attached hydrogens (tertiary/aromatic N) is 2. The molecule has 2 rings (SSSR count). The number of aromatic nitrogens is 2. The standard InChI is InChI=1S/C13H20N2O3S/c1-8(9(2)13(16)17)12-14-11(15-18-12)7-19-10-5-3-4-6-10/h8-10H,3-7H2,1-2H3,(H,16,17). The third kappa shape index (κ3) is 3.72. The zero-order valence-electron chi connectivity index (χ0n) is 11.3. The van der Waals surface area contributed by atoms with E-state index in [-0.39, 0.29) is 5.92 Å². The summed E-state index contributed by atoms with van der Waals surface area (Å²) in [6.07, 6.45) is 5.20. The summed E-state index contributed by atoms with van der Waals surface area (Å²) in [5.74, 6) is 0.245. The molecule has 2 unspecified atom stereocenters. The average molecular weight is 284 g/mol. The summed E-state index contributed by atoms with van der Waals surface area (Å²) in [7, 11) is 0. The molecule has 1 aliphatic rings. The first kappa shape index (κ1) is 14.4. The second-order valence-corrected chi connectivity index (χ2v) is 6.47. The summed E-state index contributed by atoms with van der Waals surface area (Å²) in [5, 5.41) is 13.6. The van der Waals surface area contributed by atoms with Crippen LogP contribution in [0.5, 0.6) is 0 Å². The minimum Gasteiger partial charge on any atom is -0.481 e. The van der Waals surface area contributed by atoms with Crippen LogP contribution in [-0.4, -0.2) is 26.5 Å². The van der Waals surface area contributed by atoms with E-state index < -0.39 is 11.9 Å². The van der Waals surface area contributed by atoms with Crippen LogP contribution in [0.2, 0.25) is 0 Å². The third-order valence-electron chi connectivity index (χ3n) is 3.76. The number of carboxylic acid groups (broad SMARTS) is 1. The van der Waals surface area contributed by atoms with Gasteiger partial charge in [-0.05, 0) is 12.8 Å². The van der Waals surface area contributed by atoms with Gasteiger partial charge in [-0.2, -0.15) is 16.7 Å². The maximum atomic E-state index is 10.9. The van der Waals surface area contributed by atoms with Crippen molar-refractivity contribution in [3.63, 3.8) is 0 Å². The minimum atomic E-state index is -0.840. The van der Waals surface area contributed by atoms with Gasteiger partial charge in [0.25, 0.3) is 0 Å². The summed E-state index contributed by atoms with van der Waals surface area (Å²) < 4.78 is 5.18. The molecule has 1 saturated carbocycles.